The lowest BCUT2D eigenvalue weighted by molar-refractivity contribution is -0.175. The fraction of sp³-hybridized carbons (Fsp3) is 0.520. The summed E-state index contributed by atoms with van der Waals surface area (Å²) in [4.78, 5) is 81.3. The molecule has 3 aromatic rings. The normalized spacial score (nSPS) is 18.4. The molecule has 16 nitrogen and oxygen atoms in total. The van der Waals surface area contributed by atoms with Crippen molar-refractivity contribution in [1.29, 1.82) is 0 Å². The van der Waals surface area contributed by atoms with E-state index < -0.39 is 124 Å². The highest BCUT2D eigenvalue weighted by Crippen LogP contribution is 2.43. The molecule has 0 aromatic heterocycles. The molecular formula is C50H63ClF3N5O11S3. The summed E-state index contributed by atoms with van der Waals surface area (Å²) in [7, 11) is -9.41. The van der Waals surface area contributed by atoms with Crippen LogP contribution in [-0.2, 0) is 50.1 Å². The highest BCUT2D eigenvalue weighted by Gasteiger charge is 2.51. The monoisotopic (exact) mass is 1100 g/mol. The van der Waals surface area contributed by atoms with Crippen molar-refractivity contribution in [2.45, 2.75) is 157 Å². The maximum atomic E-state index is 14.4. The molecule has 1 saturated carbocycles. The van der Waals surface area contributed by atoms with Crippen molar-refractivity contribution in [2.75, 3.05) is 5.75 Å². The zero-order valence-electron chi connectivity index (χ0n) is 42.2. The zero-order valence-corrected chi connectivity index (χ0v) is 45.4. The van der Waals surface area contributed by atoms with Crippen molar-refractivity contribution >= 4 is 78.7 Å². The number of benzene rings is 3. The van der Waals surface area contributed by atoms with E-state index >= 15 is 0 Å². The van der Waals surface area contributed by atoms with Crippen molar-refractivity contribution in [3.05, 3.63) is 81.9 Å². The Bertz CT molecular complexity index is 2830. The van der Waals surface area contributed by atoms with Crippen molar-refractivity contribution in [3.8, 4) is 5.75 Å². The molecule has 5 atom stereocenters. The summed E-state index contributed by atoms with van der Waals surface area (Å²) >= 11 is 7.25. The first-order valence-corrected chi connectivity index (χ1v) is 28.0. The molecule has 0 spiro atoms. The van der Waals surface area contributed by atoms with Crippen LogP contribution in [0.2, 0.25) is 5.02 Å². The summed E-state index contributed by atoms with van der Waals surface area (Å²) in [6.45, 7) is 17.5. The number of nitrogens with one attached hydrogen (secondary N) is 4. The maximum absolute atomic E-state index is 14.4. The Balaban J connectivity index is 1.27. The first-order chi connectivity index (χ1) is 33.5. The van der Waals surface area contributed by atoms with E-state index in [1.165, 1.54) is 18.7 Å². The van der Waals surface area contributed by atoms with Gasteiger partial charge in [-0.25, -0.2) is 26.3 Å². The molecule has 1 heterocycles. The standard InChI is InChI=1S/C50H63ClF3N5O11S3/c1-26(2)40(43(62)50(52,53)54)55-46(65)37-21-29-13-11-12-14-36(29)59(37)47(66)41(27(3)4)56-44(63)28-15-18-32(19-16-28)72(67,68)58-45(64)30-17-20-35(51)38(22-30)73(69,70)57-39(60)25-71-31-23-33(48(5,6)7)42(61)34(24-31)49(8,9)10/h15-20,22-24,26-27,29,36-37,40-41,61H,11-14,21,25H2,1-10H3,(H,55,65)(H,56,63)(H,57,60)(H,58,64)/t29-,36-,37-,40?,41?/m1/s1. The van der Waals surface area contributed by atoms with Crippen molar-refractivity contribution < 1.29 is 63.9 Å². The number of phenols is 1. The quantitative estimate of drug-likeness (QED) is 0.0874. The van der Waals surface area contributed by atoms with Crippen LogP contribution in [0.1, 0.15) is 133 Å². The summed E-state index contributed by atoms with van der Waals surface area (Å²) in [5.74, 6) is -8.59. The number of rotatable bonds is 16. The topological polar surface area (TPSA) is 242 Å². The Kier molecular flexibility index (Phi) is 18.0. The van der Waals surface area contributed by atoms with Crippen LogP contribution in [-0.4, -0.2) is 98.3 Å². The Labute approximate surface area is 433 Å². The molecule has 1 saturated heterocycles. The molecule has 3 aromatic carbocycles. The first-order valence-electron chi connectivity index (χ1n) is 23.6. The van der Waals surface area contributed by atoms with Gasteiger partial charge in [-0.1, -0.05) is 93.7 Å². The lowest BCUT2D eigenvalue weighted by atomic mass is 9.79. The number of alkyl halides is 3. The second-order valence-electron chi connectivity index (χ2n) is 21.2. The van der Waals surface area contributed by atoms with Gasteiger partial charge in [0.2, 0.25) is 17.7 Å². The van der Waals surface area contributed by atoms with Gasteiger partial charge in [-0.2, -0.15) is 13.2 Å². The molecule has 0 bridgehead atoms. The minimum absolute atomic E-state index is 0.110. The lowest BCUT2D eigenvalue weighted by Gasteiger charge is -2.37. The SMILES string of the molecule is CC(C)C(NC(=O)c1ccc(S(=O)(=O)NC(=O)c2ccc(Cl)c(S(=O)(=O)NC(=O)CSc3cc(C(C)(C)C)c(O)c(C(C)(C)C)c3)c2)cc1)C(=O)N1[C@@H](C(=O)NC(C(=O)C(F)(F)F)C(C)C)C[C@H]2CCCC[C@H]21. The van der Waals surface area contributed by atoms with Crippen LogP contribution < -0.4 is 20.1 Å². The fourth-order valence-corrected chi connectivity index (χ4v) is 12.3. The first kappa shape index (κ1) is 58.7. The molecule has 5 N–H and O–H groups in total. The molecule has 2 aliphatic rings. The summed E-state index contributed by atoms with van der Waals surface area (Å²) in [5.41, 5.74) is -0.219. The molecule has 0 radical (unpaired) electrons. The molecule has 5 amide bonds. The van der Waals surface area contributed by atoms with Gasteiger partial charge in [-0.05, 0) is 102 Å². The summed E-state index contributed by atoms with van der Waals surface area (Å²) in [6, 6.07) is 5.81. The van der Waals surface area contributed by atoms with Gasteiger partial charge in [-0.15, -0.1) is 11.8 Å². The lowest BCUT2D eigenvalue weighted by Crippen LogP contribution is -2.59. The number of carbonyl (C=O) groups excluding carboxylic acids is 6. The minimum Gasteiger partial charge on any atom is -0.507 e. The van der Waals surface area contributed by atoms with Crippen molar-refractivity contribution in [2.24, 2.45) is 17.8 Å². The third kappa shape index (κ3) is 14.0. The second kappa shape index (κ2) is 22.3. The van der Waals surface area contributed by atoms with E-state index in [4.69, 9.17) is 11.6 Å². The van der Waals surface area contributed by atoms with Crippen LogP contribution in [0.3, 0.4) is 0 Å². The summed E-state index contributed by atoms with van der Waals surface area (Å²) < 4.78 is 98.0. The zero-order chi connectivity index (χ0) is 54.9. The number of phenolic OH excluding ortho intramolecular Hbond substituents is 1. The van der Waals surface area contributed by atoms with Gasteiger partial charge in [-0.3, -0.25) is 28.8 Å². The third-order valence-electron chi connectivity index (χ3n) is 12.8. The highest BCUT2D eigenvalue weighted by atomic mass is 35.5. The van der Waals surface area contributed by atoms with Gasteiger partial charge in [0.15, 0.2) is 0 Å². The van der Waals surface area contributed by atoms with E-state index in [-0.39, 0.29) is 34.4 Å². The van der Waals surface area contributed by atoms with E-state index in [0.717, 1.165) is 67.1 Å². The van der Waals surface area contributed by atoms with Crippen LogP contribution >= 0.6 is 23.4 Å². The number of fused-ring (bicyclic) bond motifs is 1. The Hall–Kier alpha value is -5.19. The molecule has 73 heavy (non-hydrogen) atoms. The van der Waals surface area contributed by atoms with E-state index in [1.54, 1.807) is 26.0 Å². The number of hydrogen-bond donors (Lipinski definition) is 5. The molecule has 1 aliphatic carbocycles. The molecule has 2 unspecified atom stereocenters. The molecule has 2 fully saturated rings. The van der Waals surface area contributed by atoms with E-state index in [1.807, 2.05) is 51.0 Å². The average molecular weight is 1100 g/mol. The molecule has 400 valence electrons. The van der Waals surface area contributed by atoms with Crippen molar-refractivity contribution in [1.82, 2.24) is 25.0 Å². The number of carbonyl (C=O) groups is 6. The Morgan fingerprint density at radius 2 is 1.29 bits per heavy atom. The fourth-order valence-electron chi connectivity index (χ4n) is 8.96. The van der Waals surface area contributed by atoms with E-state index in [0.29, 0.717) is 28.9 Å². The molecular weight excluding hydrogens is 1040 g/mol. The number of sulfonamides is 2. The highest BCUT2D eigenvalue weighted by molar-refractivity contribution is 8.00. The number of ketones is 1. The third-order valence-corrected chi connectivity index (χ3v) is 17.0. The molecule has 1 aliphatic heterocycles. The number of Topliss-reactive ketones (excluding diaryl/α,β-unsaturated/α-hetero) is 1. The van der Waals surface area contributed by atoms with Gasteiger partial charge in [0.25, 0.3) is 37.6 Å². The average Bonchev–Trinajstić information content (AvgIpc) is 3.67. The van der Waals surface area contributed by atoms with Gasteiger partial charge >= 0.3 is 6.18 Å². The number of nitrogens with zero attached hydrogens (tertiary/aromatic N) is 1. The second-order valence-corrected chi connectivity index (χ2v) is 26.0. The molecule has 5 rings (SSSR count). The largest absolute Gasteiger partial charge is 0.507 e. The summed E-state index contributed by atoms with van der Waals surface area (Å²) in [5, 5.41) is 15.6. The van der Waals surface area contributed by atoms with Crippen LogP contribution in [0, 0.1) is 17.8 Å². The maximum Gasteiger partial charge on any atom is 0.452 e. The van der Waals surface area contributed by atoms with E-state index in [2.05, 4.69) is 10.6 Å². The van der Waals surface area contributed by atoms with Gasteiger partial charge in [0.05, 0.1) is 21.7 Å². The van der Waals surface area contributed by atoms with Gasteiger partial charge < -0.3 is 20.6 Å². The predicted octanol–water partition coefficient (Wildman–Crippen LogP) is 7.54. The smallest absolute Gasteiger partial charge is 0.452 e. The van der Waals surface area contributed by atoms with Crippen LogP contribution in [0.4, 0.5) is 13.2 Å². The van der Waals surface area contributed by atoms with Crippen molar-refractivity contribution in [3.63, 3.8) is 0 Å². The summed E-state index contributed by atoms with van der Waals surface area (Å²) in [6.07, 6.45) is -2.36. The van der Waals surface area contributed by atoms with Crippen LogP contribution in [0.15, 0.2) is 69.3 Å². The minimum atomic E-state index is -5.21. The number of halogens is 4. The molecule has 23 heteroatoms. The predicted molar refractivity (Wildman–Crippen MR) is 269 cm³/mol. The number of thioether (sulfide) groups is 1. The number of amides is 5. The number of aromatic hydroxyl groups is 1. The van der Waals surface area contributed by atoms with Gasteiger partial charge in [0, 0.05) is 33.2 Å². The number of hydrogen-bond acceptors (Lipinski definition) is 12. The Morgan fingerprint density at radius 1 is 0.740 bits per heavy atom. The Morgan fingerprint density at radius 3 is 1.82 bits per heavy atom. The van der Waals surface area contributed by atoms with Gasteiger partial charge in [0.1, 0.15) is 22.7 Å². The van der Waals surface area contributed by atoms with Crippen LogP contribution in [0.5, 0.6) is 5.75 Å². The number of likely N-dealkylation sites (tertiary alicyclic amines) is 1. The van der Waals surface area contributed by atoms with E-state index in [9.17, 15) is 63.9 Å². The van der Waals surface area contributed by atoms with Crippen LogP contribution in [0.25, 0.3) is 0 Å².